The fraction of sp³-hybridized carbons (Fsp3) is 0.625. The van der Waals surface area contributed by atoms with Crippen molar-refractivity contribution < 1.29 is 5.11 Å². The van der Waals surface area contributed by atoms with Gasteiger partial charge < -0.3 is 5.11 Å². The van der Waals surface area contributed by atoms with Crippen LogP contribution in [0.1, 0.15) is 56.2 Å². The van der Waals surface area contributed by atoms with E-state index in [0.29, 0.717) is 6.61 Å². The van der Waals surface area contributed by atoms with Crippen molar-refractivity contribution in [3.63, 3.8) is 0 Å². The summed E-state index contributed by atoms with van der Waals surface area (Å²) < 4.78 is 0. The molecular weight excluding hydrogens is 208 g/mol. The van der Waals surface area contributed by atoms with Crippen molar-refractivity contribution in [2.75, 3.05) is 6.61 Å². The smallest absolute Gasteiger partial charge is 0.0431 e. The van der Waals surface area contributed by atoms with Crippen LogP contribution in [-0.4, -0.2) is 11.7 Å². The molecule has 0 amide bonds. The monoisotopic (exact) mass is 234 g/mol. The molecule has 0 radical (unpaired) electrons. The van der Waals surface area contributed by atoms with Crippen molar-refractivity contribution in [1.82, 2.24) is 0 Å². The Balaban J connectivity index is 2.72. The minimum Gasteiger partial charge on any atom is -0.396 e. The SMILES string of the molecule is CCCc1ccc(CCCCO)c(CCC)c1. The summed E-state index contributed by atoms with van der Waals surface area (Å²) >= 11 is 0. The van der Waals surface area contributed by atoms with Crippen molar-refractivity contribution in [2.24, 2.45) is 0 Å². The zero-order valence-corrected chi connectivity index (χ0v) is 11.3. The highest BCUT2D eigenvalue weighted by atomic mass is 16.2. The van der Waals surface area contributed by atoms with Crippen LogP contribution in [0.5, 0.6) is 0 Å². The molecule has 1 nitrogen and oxygen atoms in total. The first-order valence-electron chi connectivity index (χ1n) is 7.03. The van der Waals surface area contributed by atoms with Crippen molar-refractivity contribution >= 4 is 0 Å². The van der Waals surface area contributed by atoms with Crippen LogP contribution >= 0.6 is 0 Å². The number of aryl methyl sites for hydroxylation is 3. The second-order valence-electron chi connectivity index (χ2n) is 4.78. The van der Waals surface area contributed by atoms with Crippen molar-refractivity contribution in [3.8, 4) is 0 Å². The van der Waals surface area contributed by atoms with E-state index in [1.54, 1.807) is 0 Å². The molecule has 0 heterocycles. The molecule has 0 aliphatic carbocycles. The lowest BCUT2D eigenvalue weighted by atomic mass is 9.95. The van der Waals surface area contributed by atoms with Crippen molar-refractivity contribution in [2.45, 2.75) is 58.8 Å². The van der Waals surface area contributed by atoms with Gasteiger partial charge in [0.1, 0.15) is 0 Å². The van der Waals surface area contributed by atoms with Gasteiger partial charge in [-0.1, -0.05) is 44.9 Å². The highest BCUT2D eigenvalue weighted by Crippen LogP contribution is 2.17. The quantitative estimate of drug-likeness (QED) is 0.676. The summed E-state index contributed by atoms with van der Waals surface area (Å²) in [6, 6.07) is 6.96. The minimum atomic E-state index is 0.316. The molecule has 17 heavy (non-hydrogen) atoms. The van der Waals surface area contributed by atoms with Gasteiger partial charge in [0.2, 0.25) is 0 Å². The lowest BCUT2D eigenvalue weighted by Crippen LogP contribution is -1.97. The fourth-order valence-electron chi connectivity index (χ4n) is 2.30. The maximum absolute atomic E-state index is 8.83. The normalized spacial score (nSPS) is 10.8. The van der Waals surface area contributed by atoms with Gasteiger partial charge in [-0.2, -0.15) is 0 Å². The van der Waals surface area contributed by atoms with E-state index in [2.05, 4.69) is 32.0 Å². The van der Waals surface area contributed by atoms with Crippen LogP contribution in [0.2, 0.25) is 0 Å². The third-order valence-corrected chi connectivity index (χ3v) is 3.18. The second kappa shape index (κ2) is 8.30. The summed E-state index contributed by atoms with van der Waals surface area (Å²) in [7, 11) is 0. The third kappa shape index (κ3) is 4.91. The number of aliphatic hydroxyl groups excluding tert-OH is 1. The molecule has 1 rings (SSSR count). The molecule has 0 bridgehead atoms. The van der Waals surface area contributed by atoms with E-state index >= 15 is 0 Å². The number of benzene rings is 1. The van der Waals surface area contributed by atoms with E-state index in [-0.39, 0.29) is 0 Å². The van der Waals surface area contributed by atoms with Crippen LogP contribution in [0.15, 0.2) is 18.2 Å². The van der Waals surface area contributed by atoms with E-state index in [4.69, 9.17) is 5.11 Å². The third-order valence-electron chi connectivity index (χ3n) is 3.18. The molecule has 0 aliphatic heterocycles. The summed E-state index contributed by atoms with van der Waals surface area (Å²) in [6.07, 6.45) is 7.93. The number of hydrogen-bond acceptors (Lipinski definition) is 1. The summed E-state index contributed by atoms with van der Waals surface area (Å²) in [6.45, 7) is 4.79. The van der Waals surface area contributed by atoms with E-state index in [0.717, 1.165) is 19.3 Å². The number of rotatable bonds is 8. The lowest BCUT2D eigenvalue weighted by Gasteiger charge is -2.11. The van der Waals surface area contributed by atoms with E-state index in [1.165, 1.54) is 42.4 Å². The van der Waals surface area contributed by atoms with Gasteiger partial charge in [0.25, 0.3) is 0 Å². The van der Waals surface area contributed by atoms with Gasteiger partial charge in [-0.05, 0) is 48.8 Å². The molecule has 0 unspecified atom stereocenters. The summed E-state index contributed by atoms with van der Waals surface area (Å²) in [5, 5.41) is 8.83. The molecule has 1 N–H and O–H groups in total. The Labute approximate surface area is 106 Å². The Morgan fingerprint density at radius 2 is 1.65 bits per heavy atom. The summed E-state index contributed by atoms with van der Waals surface area (Å²) in [4.78, 5) is 0. The Bertz CT molecular complexity index is 317. The standard InChI is InChI=1S/C16H26O/c1-3-7-14-10-11-15(9-5-6-12-17)16(13-14)8-4-2/h10-11,13,17H,3-9,12H2,1-2H3. The first-order chi connectivity index (χ1) is 8.31. The van der Waals surface area contributed by atoms with Crippen molar-refractivity contribution in [1.29, 1.82) is 0 Å². The molecule has 1 aromatic rings. The molecule has 96 valence electrons. The number of unbranched alkanes of at least 4 members (excludes halogenated alkanes) is 1. The molecule has 0 saturated heterocycles. The van der Waals surface area contributed by atoms with Crippen LogP contribution < -0.4 is 0 Å². The van der Waals surface area contributed by atoms with Crippen molar-refractivity contribution in [3.05, 3.63) is 34.9 Å². The summed E-state index contributed by atoms with van der Waals surface area (Å²) in [5.41, 5.74) is 4.48. The Morgan fingerprint density at radius 1 is 0.882 bits per heavy atom. The molecule has 0 aromatic heterocycles. The van der Waals surface area contributed by atoms with E-state index in [1.807, 2.05) is 0 Å². The first kappa shape index (κ1) is 14.2. The topological polar surface area (TPSA) is 20.2 Å². The minimum absolute atomic E-state index is 0.316. The maximum Gasteiger partial charge on any atom is 0.0431 e. The predicted molar refractivity (Wildman–Crippen MR) is 74.5 cm³/mol. The van der Waals surface area contributed by atoms with Crippen LogP contribution in [0.4, 0.5) is 0 Å². The summed E-state index contributed by atoms with van der Waals surface area (Å²) in [5.74, 6) is 0. The number of aliphatic hydroxyl groups is 1. The molecule has 0 fully saturated rings. The largest absolute Gasteiger partial charge is 0.396 e. The number of hydrogen-bond donors (Lipinski definition) is 1. The van der Waals surface area contributed by atoms with E-state index < -0.39 is 0 Å². The highest BCUT2D eigenvalue weighted by Gasteiger charge is 2.03. The maximum atomic E-state index is 8.83. The van der Waals surface area contributed by atoms with E-state index in [9.17, 15) is 0 Å². The van der Waals surface area contributed by atoms with Gasteiger partial charge in [0, 0.05) is 6.61 Å². The van der Waals surface area contributed by atoms with Gasteiger partial charge in [-0.25, -0.2) is 0 Å². The molecule has 1 heteroatoms. The molecule has 1 aromatic carbocycles. The van der Waals surface area contributed by atoms with Gasteiger partial charge in [0.15, 0.2) is 0 Å². The Kier molecular flexibility index (Phi) is 6.95. The van der Waals surface area contributed by atoms with Crippen LogP contribution in [0.3, 0.4) is 0 Å². The molecule has 0 aliphatic rings. The zero-order valence-electron chi connectivity index (χ0n) is 11.3. The first-order valence-corrected chi connectivity index (χ1v) is 7.03. The molecule has 0 spiro atoms. The average Bonchev–Trinajstić information content (AvgIpc) is 2.33. The molecular formula is C16H26O. The Hall–Kier alpha value is -0.820. The lowest BCUT2D eigenvalue weighted by molar-refractivity contribution is 0.284. The zero-order chi connectivity index (χ0) is 12.5. The Morgan fingerprint density at radius 3 is 2.29 bits per heavy atom. The van der Waals surface area contributed by atoms with Crippen LogP contribution in [0.25, 0.3) is 0 Å². The van der Waals surface area contributed by atoms with Gasteiger partial charge in [-0.15, -0.1) is 0 Å². The highest BCUT2D eigenvalue weighted by molar-refractivity contribution is 5.32. The van der Waals surface area contributed by atoms with Gasteiger partial charge in [-0.3, -0.25) is 0 Å². The predicted octanol–water partition coefficient (Wildman–Crippen LogP) is 3.91. The van der Waals surface area contributed by atoms with Gasteiger partial charge >= 0.3 is 0 Å². The fourth-order valence-corrected chi connectivity index (χ4v) is 2.30. The molecule has 0 saturated carbocycles. The second-order valence-corrected chi connectivity index (χ2v) is 4.78. The van der Waals surface area contributed by atoms with Crippen LogP contribution in [0, 0.1) is 0 Å². The van der Waals surface area contributed by atoms with Crippen LogP contribution in [-0.2, 0) is 19.3 Å². The molecule has 0 atom stereocenters. The average molecular weight is 234 g/mol. The van der Waals surface area contributed by atoms with Gasteiger partial charge in [0.05, 0.1) is 0 Å².